The highest BCUT2D eigenvalue weighted by atomic mass is 16.5. The molecule has 0 aliphatic heterocycles. The first-order valence-corrected chi connectivity index (χ1v) is 6.88. The number of hydrogen-bond donors (Lipinski definition) is 0. The SMILES string of the molecule is COC(=O)c1cccc2c1ncn2Cc1ccc(OC)cc1. The summed E-state index contributed by atoms with van der Waals surface area (Å²) in [5.41, 5.74) is 3.17. The molecule has 3 rings (SSSR count). The van der Waals surface area contributed by atoms with E-state index >= 15 is 0 Å². The molecule has 0 saturated carbocycles. The lowest BCUT2D eigenvalue weighted by molar-refractivity contribution is 0.0603. The number of para-hydroxylation sites is 1. The lowest BCUT2D eigenvalue weighted by Gasteiger charge is -2.06. The summed E-state index contributed by atoms with van der Waals surface area (Å²) in [6.45, 7) is 0.672. The minimum Gasteiger partial charge on any atom is -0.497 e. The molecule has 1 aromatic heterocycles. The van der Waals surface area contributed by atoms with Gasteiger partial charge in [0.25, 0.3) is 0 Å². The van der Waals surface area contributed by atoms with Crippen LogP contribution in [-0.2, 0) is 11.3 Å². The van der Waals surface area contributed by atoms with Crippen LogP contribution in [0.5, 0.6) is 5.75 Å². The molecule has 0 spiro atoms. The first-order valence-electron chi connectivity index (χ1n) is 6.88. The normalized spacial score (nSPS) is 10.6. The molecule has 0 fully saturated rings. The van der Waals surface area contributed by atoms with Crippen LogP contribution in [0.25, 0.3) is 11.0 Å². The fourth-order valence-electron chi connectivity index (χ4n) is 2.42. The van der Waals surface area contributed by atoms with Gasteiger partial charge < -0.3 is 14.0 Å². The molecule has 2 aromatic carbocycles. The van der Waals surface area contributed by atoms with Gasteiger partial charge in [-0.1, -0.05) is 18.2 Å². The molecule has 0 atom stereocenters. The van der Waals surface area contributed by atoms with Gasteiger partial charge >= 0.3 is 5.97 Å². The van der Waals surface area contributed by atoms with Crippen LogP contribution in [0.2, 0.25) is 0 Å². The fraction of sp³-hybridized carbons (Fsp3) is 0.176. The summed E-state index contributed by atoms with van der Waals surface area (Å²) in [6.07, 6.45) is 1.74. The Bertz CT molecular complexity index is 806. The third-order valence-corrected chi connectivity index (χ3v) is 3.57. The molecule has 112 valence electrons. The Balaban J connectivity index is 1.96. The summed E-state index contributed by atoms with van der Waals surface area (Å²) >= 11 is 0. The predicted octanol–water partition coefficient (Wildman–Crippen LogP) is 2.88. The van der Waals surface area contributed by atoms with Crippen LogP contribution < -0.4 is 4.74 Å². The van der Waals surface area contributed by atoms with E-state index in [2.05, 4.69) is 4.98 Å². The average Bonchev–Trinajstić information content (AvgIpc) is 2.98. The molecule has 22 heavy (non-hydrogen) atoms. The standard InChI is InChI=1S/C17H16N2O3/c1-21-13-8-6-12(7-9-13)10-19-11-18-16-14(17(20)22-2)4-3-5-15(16)19/h3-9,11H,10H2,1-2H3. The van der Waals surface area contributed by atoms with Crippen molar-refractivity contribution in [3.8, 4) is 5.75 Å². The minimum atomic E-state index is -0.375. The molecular weight excluding hydrogens is 280 g/mol. The molecule has 1 heterocycles. The maximum atomic E-state index is 11.8. The number of benzene rings is 2. The number of ether oxygens (including phenoxy) is 2. The molecule has 3 aromatic rings. The number of esters is 1. The summed E-state index contributed by atoms with van der Waals surface area (Å²) in [4.78, 5) is 16.1. The Morgan fingerprint density at radius 1 is 1.14 bits per heavy atom. The average molecular weight is 296 g/mol. The van der Waals surface area contributed by atoms with Crippen LogP contribution in [0.4, 0.5) is 0 Å². The predicted molar refractivity (Wildman–Crippen MR) is 83.2 cm³/mol. The van der Waals surface area contributed by atoms with Gasteiger partial charge in [0.2, 0.25) is 0 Å². The molecular formula is C17H16N2O3. The largest absolute Gasteiger partial charge is 0.497 e. The minimum absolute atomic E-state index is 0.375. The molecule has 0 aliphatic carbocycles. The van der Waals surface area contributed by atoms with Gasteiger partial charge in [-0.05, 0) is 29.8 Å². The summed E-state index contributed by atoms with van der Waals surface area (Å²) in [5, 5.41) is 0. The van der Waals surface area contributed by atoms with Gasteiger partial charge in [0.05, 0.1) is 31.6 Å². The monoisotopic (exact) mass is 296 g/mol. The number of methoxy groups -OCH3 is 2. The summed E-state index contributed by atoms with van der Waals surface area (Å²) in [5.74, 6) is 0.451. The van der Waals surface area contributed by atoms with E-state index in [4.69, 9.17) is 9.47 Å². The molecule has 0 bridgehead atoms. The topological polar surface area (TPSA) is 53.3 Å². The second-order valence-corrected chi connectivity index (χ2v) is 4.89. The highest BCUT2D eigenvalue weighted by Gasteiger charge is 2.13. The van der Waals surface area contributed by atoms with Gasteiger partial charge in [-0.25, -0.2) is 9.78 Å². The quantitative estimate of drug-likeness (QED) is 0.695. The van der Waals surface area contributed by atoms with Crippen molar-refractivity contribution in [3.05, 3.63) is 59.9 Å². The van der Waals surface area contributed by atoms with Crippen molar-refractivity contribution < 1.29 is 14.3 Å². The van der Waals surface area contributed by atoms with E-state index in [1.165, 1.54) is 7.11 Å². The zero-order valence-electron chi connectivity index (χ0n) is 12.4. The highest BCUT2D eigenvalue weighted by Crippen LogP contribution is 2.20. The van der Waals surface area contributed by atoms with Gasteiger partial charge in [-0.3, -0.25) is 0 Å². The van der Waals surface area contributed by atoms with Crippen LogP contribution in [0.3, 0.4) is 0 Å². The van der Waals surface area contributed by atoms with E-state index in [1.54, 1.807) is 19.5 Å². The third-order valence-electron chi connectivity index (χ3n) is 3.57. The molecule has 5 nitrogen and oxygen atoms in total. The van der Waals surface area contributed by atoms with Crippen LogP contribution in [0.1, 0.15) is 15.9 Å². The number of carbonyl (C=O) groups excluding carboxylic acids is 1. The summed E-state index contributed by atoms with van der Waals surface area (Å²) < 4.78 is 12.0. The number of aromatic nitrogens is 2. The van der Waals surface area contributed by atoms with Crippen molar-refractivity contribution in [1.29, 1.82) is 0 Å². The Morgan fingerprint density at radius 2 is 1.91 bits per heavy atom. The van der Waals surface area contributed by atoms with Crippen molar-refractivity contribution in [2.75, 3.05) is 14.2 Å². The second-order valence-electron chi connectivity index (χ2n) is 4.89. The molecule has 0 saturated heterocycles. The molecule has 5 heteroatoms. The number of imidazole rings is 1. The van der Waals surface area contributed by atoms with Crippen molar-refractivity contribution in [1.82, 2.24) is 9.55 Å². The molecule has 0 amide bonds. The smallest absolute Gasteiger partial charge is 0.340 e. The van der Waals surface area contributed by atoms with Gasteiger partial charge in [0.1, 0.15) is 11.3 Å². The lowest BCUT2D eigenvalue weighted by atomic mass is 10.1. The Hall–Kier alpha value is -2.82. The zero-order valence-corrected chi connectivity index (χ0v) is 12.4. The maximum absolute atomic E-state index is 11.8. The Labute approximate surface area is 128 Å². The third kappa shape index (κ3) is 2.53. The number of nitrogens with zero attached hydrogens (tertiary/aromatic N) is 2. The fourth-order valence-corrected chi connectivity index (χ4v) is 2.42. The number of hydrogen-bond acceptors (Lipinski definition) is 4. The van der Waals surface area contributed by atoms with Gasteiger partial charge in [-0.15, -0.1) is 0 Å². The molecule has 0 radical (unpaired) electrons. The summed E-state index contributed by atoms with van der Waals surface area (Å²) in [6, 6.07) is 13.4. The van der Waals surface area contributed by atoms with Crippen LogP contribution in [0, 0.1) is 0 Å². The van der Waals surface area contributed by atoms with Gasteiger partial charge in [0, 0.05) is 6.54 Å². The van der Waals surface area contributed by atoms with E-state index < -0.39 is 0 Å². The lowest BCUT2D eigenvalue weighted by Crippen LogP contribution is -2.02. The van der Waals surface area contributed by atoms with Crippen LogP contribution in [-0.4, -0.2) is 29.7 Å². The Kier molecular flexibility index (Phi) is 3.78. The van der Waals surface area contributed by atoms with Crippen molar-refractivity contribution >= 4 is 17.0 Å². The molecule has 0 unspecified atom stereocenters. The van der Waals surface area contributed by atoms with Gasteiger partial charge in [-0.2, -0.15) is 0 Å². The first-order chi connectivity index (χ1) is 10.7. The maximum Gasteiger partial charge on any atom is 0.340 e. The van der Waals surface area contributed by atoms with Crippen LogP contribution >= 0.6 is 0 Å². The van der Waals surface area contributed by atoms with E-state index in [9.17, 15) is 4.79 Å². The number of carbonyl (C=O) groups is 1. The zero-order chi connectivity index (χ0) is 15.5. The van der Waals surface area contributed by atoms with E-state index in [0.717, 1.165) is 16.8 Å². The first kappa shape index (κ1) is 14.1. The number of fused-ring (bicyclic) bond motifs is 1. The molecule has 0 N–H and O–H groups in total. The van der Waals surface area contributed by atoms with Gasteiger partial charge in [0.15, 0.2) is 0 Å². The van der Waals surface area contributed by atoms with Crippen molar-refractivity contribution in [2.24, 2.45) is 0 Å². The van der Waals surface area contributed by atoms with Crippen molar-refractivity contribution in [3.63, 3.8) is 0 Å². The highest BCUT2D eigenvalue weighted by molar-refractivity contribution is 6.01. The van der Waals surface area contributed by atoms with Crippen LogP contribution in [0.15, 0.2) is 48.8 Å². The second kappa shape index (κ2) is 5.89. The van der Waals surface area contributed by atoms with E-state index in [0.29, 0.717) is 17.6 Å². The molecule has 0 aliphatic rings. The van der Waals surface area contributed by atoms with E-state index in [-0.39, 0.29) is 5.97 Å². The summed E-state index contributed by atoms with van der Waals surface area (Å²) in [7, 11) is 3.02. The Morgan fingerprint density at radius 3 is 2.59 bits per heavy atom. The number of rotatable bonds is 4. The van der Waals surface area contributed by atoms with Crippen molar-refractivity contribution in [2.45, 2.75) is 6.54 Å². The van der Waals surface area contributed by atoms with E-state index in [1.807, 2.05) is 41.0 Å².